The van der Waals surface area contributed by atoms with Crippen LogP contribution in [-0.4, -0.2) is 33.8 Å². The summed E-state index contributed by atoms with van der Waals surface area (Å²) >= 11 is 0. The van der Waals surface area contributed by atoms with Crippen LogP contribution >= 0.6 is 0 Å². The predicted molar refractivity (Wildman–Crippen MR) is 68.7 cm³/mol. The first-order valence-electron chi connectivity index (χ1n) is 5.73. The lowest BCUT2D eigenvalue weighted by Gasteiger charge is -2.19. The number of aromatic nitrogens is 1. The van der Waals surface area contributed by atoms with Crippen molar-refractivity contribution in [1.29, 1.82) is 0 Å². The first kappa shape index (κ1) is 13.6. The van der Waals surface area contributed by atoms with Crippen molar-refractivity contribution in [1.82, 2.24) is 5.16 Å². The molecule has 0 spiro atoms. The summed E-state index contributed by atoms with van der Waals surface area (Å²) in [6.07, 6.45) is 0. The van der Waals surface area contributed by atoms with E-state index in [1.165, 1.54) is 30.3 Å². The maximum atomic E-state index is 12.3. The number of amides is 1. The second-order valence-corrected chi connectivity index (χ2v) is 4.12. The Balaban J connectivity index is 2.34. The van der Waals surface area contributed by atoms with E-state index in [0.717, 1.165) is 4.90 Å². The minimum absolute atomic E-state index is 0.0220. The topological polar surface area (TPSA) is 104 Å². The molecule has 104 valence electrons. The standard InChI is InChI=1S/C13H12N2O5/c1-8-6-11(14-20-8)13(19)15(7-12(17)18)9-2-4-10(16)5-3-9/h2-6,16H,7H2,1H3,(H,17,18). The van der Waals surface area contributed by atoms with E-state index >= 15 is 0 Å². The van der Waals surface area contributed by atoms with Gasteiger partial charge in [0.1, 0.15) is 18.1 Å². The van der Waals surface area contributed by atoms with Gasteiger partial charge in [-0.3, -0.25) is 14.5 Å². The van der Waals surface area contributed by atoms with E-state index in [1.54, 1.807) is 6.92 Å². The van der Waals surface area contributed by atoms with Gasteiger partial charge >= 0.3 is 5.97 Å². The third-order valence-corrected chi connectivity index (χ3v) is 2.55. The molecule has 1 amide bonds. The number of carbonyl (C=O) groups excluding carboxylic acids is 1. The normalized spacial score (nSPS) is 10.2. The monoisotopic (exact) mass is 276 g/mol. The van der Waals surface area contributed by atoms with Gasteiger partial charge in [-0.2, -0.15) is 0 Å². The molecule has 7 heteroatoms. The fourth-order valence-corrected chi connectivity index (χ4v) is 1.65. The fourth-order valence-electron chi connectivity index (χ4n) is 1.65. The van der Waals surface area contributed by atoms with Crippen molar-refractivity contribution in [3.63, 3.8) is 0 Å². The molecule has 0 saturated heterocycles. The summed E-state index contributed by atoms with van der Waals surface area (Å²) in [6.45, 7) is 1.11. The number of carboxylic acid groups (broad SMARTS) is 1. The van der Waals surface area contributed by atoms with E-state index < -0.39 is 18.4 Å². The number of carbonyl (C=O) groups is 2. The van der Waals surface area contributed by atoms with E-state index in [-0.39, 0.29) is 11.4 Å². The maximum Gasteiger partial charge on any atom is 0.323 e. The van der Waals surface area contributed by atoms with Crippen LogP contribution < -0.4 is 4.90 Å². The number of aliphatic carboxylic acids is 1. The molecule has 0 saturated carbocycles. The second-order valence-electron chi connectivity index (χ2n) is 4.12. The van der Waals surface area contributed by atoms with Gasteiger partial charge in [-0.05, 0) is 31.2 Å². The quantitative estimate of drug-likeness (QED) is 0.875. The molecule has 1 heterocycles. The van der Waals surface area contributed by atoms with Gasteiger partial charge in [0.15, 0.2) is 5.69 Å². The number of hydrogen-bond donors (Lipinski definition) is 2. The summed E-state index contributed by atoms with van der Waals surface area (Å²) < 4.78 is 4.81. The number of aromatic hydroxyl groups is 1. The van der Waals surface area contributed by atoms with Gasteiger partial charge in [-0.15, -0.1) is 0 Å². The van der Waals surface area contributed by atoms with Gasteiger partial charge in [-0.25, -0.2) is 0 Å². The van der Waals surface area contributed by atoms with E-state index in [2.05, 4.69) is 5.16 Å². The van der Waals surface area contributed by atoms with Crippen LogP contribution in [0.2, 0.25) is 0 Å². The molecule has 20 heavy (non-hydrogen) atoms. The van der Waals surface area contributed by atoms with Gasteiger partial charge in [0.05, 0.1) is 0 Å². The highest BCUT2D eigenvalue weighted by atomic mass is 16.5. The Morgan fingerprint density at radius 2 is 1.95 bits per heavy atom. The Hall–Kier alpha value is -2.83. The van der Waals surface area contributed by atoms with Crippen LogP contribution in [0.25, 0.3) is 0 Å². The first-order chi connectivity index (χ1) is 9.47. The highest BCUT2D eigenvalue weighted by molar-refractivity contribution is 6.07. The molecular formula is C13H12N2O5. The van der Waals surface area contributed by atoms with Crippen LogP contribution in [0.5, 0.6) is 5.75 Å². The van der Waals surface area contributed by atoms with Crippen LogP contribution in [0.4, 0.5) is 5.69 Å². The average Bonchev–Trinajstić information content (AvgIpc) is 2.83. The largest absolute Gasteiger partial charge is 0.508 e. The van der Waals surface area contributed by atoms with Gasteiger partial charge in [0.25, 0.3) is 5.91 Å². The highest BCUT2D eigenvalue weighted by Crippen LogP contribution is 2.20. The average molecular weight is 276 g/mol. The number of carboxylic acids is 1. The number of benzene rings is 1. The van der Waals surface area contributed by atoms with Crippen molar-refractivity contribution in [2.45, 2.75) is 6.92 Å². The molecule has 0 atom stereocenters. The molecule has 0 bridgehead atoms. The van der Waals surface area contributed by atoms with Crippen LogP contribution in [0.1, 0.15) is 16.2 Å². The van der Waals surface area contributed by atoms with Crippen LogP contribution in [0.3, 0.4) is 0 Å². The lowest BCUT2D eigenvalue weighted by molar-refractivity contribution is -0.135. The number of phenolic OH excluding ortho intramolecular Hbond substituents is 1. The van der Waals surface area contributed by atoms with Gasteiger partial charge in [0, 0.05) is 11.8 Å². The van der Waals surface area contributed by atoms with Crippen molar-refractivity contribution in [2.24, 2.45) is 0 Å². The van der Waals surface area contributed by atoms with E-state index in [1.807, 2.05) is 0 Å². The van der Waals surface area contributed by atoms with Crippen molar-refractivity contribution in [2.75, 3.05) is 11.4 Å². The zero-order valence-corrected chi connectivity index (χ0v) is 10.6. The number of aryl methyl sites for hydroxylation is 1. The SMILES string of the molecule is Cc1cc(C(=O)N(CC(=O)O)c2ccc(O)cc2)no1. The second kappa shape index (κ2) is 5.43. The maximum absolute atomic E-state index is 12.3. The Labute approximate surface area is 114 Å². The van der Waals surface area contributed by atoms with Crippen LogP contribution in [0.15, 0.2) is 34.9 Å². The molecule has 7 nitrogen and oxygen atoms in total. The summed E-state index contributed by atoms with van der Waals surface area (Å²) in [6, 6.07) is 7.06. The molecule has 2 aromatic rings. The van der Waals surface area contributed by atoms with Crippen molar-refractivity contribution < 1.29 is 24.3 Å². The minimum Gasteiger partial charge on any atom is -0.508 e. The number of hydrogen-bond acceptors (Lipinski definition) is 5. The number of rotatable bonds is 4. The molecule has 0 unspecified atom stereocenters. The summed E-state index contributed by atoms with van der Waals surface area (Å²) in [5.74, 6) is -1.27. The van der Waals surface area contributed by atoms with Crippen LogP contribution in [-0.2, 0) is 4.79 Å². The molecule has 0 aliphatic heterocycles. The number of nitrogens with zero attached hydrogens (tertiary/aromatic N) is 2. The highest BCUT2D eigenvalue weighted by Gasteiger charge is 2.23. The number of phenols is 1. The van der Waals surface area contributed by atoms with E-state index in [0.29, 0.717) is 11.4 Å². The Kier molecular flexibility index (Phi) is 3.69. The van der Waals surface area contributed by atoms with Crippen LogP contribution in [0, 0.1) is 6.92 Å². The molecule has 2 rings (SSSR count). The Morgan fingerprint density at radius 1 is 1.30 bits per heavy atom. The predicted octanol–water partition coefficient (Wildman–Crippen LogP) is 1.42. The summed E-state index contributed by atoms with van der Waals surface area (Å²) in [5.41, 5.74) is 0.368. The van der Waals surface area contributed by atoms with Gasteiger partial charge in [-0.1, -0.05) is 5.16 Å². The zero-order valence-electron chi connectivity index (χ0n) is 10.6. The van der Waals surface area contributed by atoms with Crippen molar-refractivity contribution in [3.8, 4) is 5.75 Å². The number of anilines is 1. The zero-order chi connectivity index (χ0) is 14.7. The molecule has 2 N–H and O–H groups in total. The molecule has 1 aromatic heterocycles. The fraction of sp³-hybridized carbons (Fsp3) is 0.154. The molecule has 0 fully saturated rings. The van der Waals surface area contributed by atoms with E-state index in [9.17, 15) is 14.7 Å². The minimum atomic E-state index is -1.16. The lowest BCUT2D eigenvalue weighted by atomic mass is 10.2. The molecule has 0 aliphatic carbocycles. The smallest absolute Gasteiger partial charge is 0.323 e. The van der Waals surface area contributed by atoms with E-state index in [4.69, 9.17) is 9.63 Å². The lowest BCUT2D eigenvalue weighted by Crippen LogP contribution is -2.35. The third kappa shape index (κ3) is 2.94. The molecule has 0 radical (unpaired) electrons. The van der Waals surface area contributed by atoms with Crippen molar-refractivity contribution in [3.05, 3.63) is 41.8 Å². The Morgan fingerprint density at radius 3 is 2.45 bits per heavy atom. The summed E-state index contributed by atoms with van der Waals surface area (Å²) in [7, 11) is 0. The van der Waals surface area contributed by atoms with Crippen molar-refractivity contribution >= 4 is 17.6 Å². The molecule has 0 aliphatic rings. The first-order valence-corrected chi connectivity index (χ1v) is 5.73. The molecular weight excluding hydrogens is 264 g/mol. The molecule has 1 aromatic carbocycles. The summed E-state index contributed by atoms with van der Waals surface area (Å²) in [5, 5.41) is 21.7. The van der Waals surface area contributed by atoms with Gasteiger partial charge in [0.2, 0.25) is 0 Å². The van der Waals surface area contributed by atoms with Gasteiger partial charge < -0.3 is 14.7 Å². The summed E-state index contributed by atoms with van der Waals surface area (Å²) in [4.78, 5) is 24.2. The third-order valence-electron chi connectivity index (χ3n) is 2.55. The Bertz CT molecular complexity index is 632.